The average molecular weight is 268 g/mol. The Bertz CT molecular complexity index is 617. The number of aryl methyl sites for hydroxylation is 2. The summed E-state index contributed by atoms with van der Waals surface area (Å²) in [5, 5.41) is 0. The molecule has 20 heavy (non-hydrogen) atoms. The number of hydrazine groups is 1. The van der Waals surface area contributed by atoms with Crippen molar-refractivity contribution >= 4 is 0 Å². The molecule has 0 radical (unpaired) electrons. The Morgan fingerprint density at radius 2 is 1.80 bits per heavy atom. The molecule has 1 atom stereocenters. The summed E-state index contributed by atoms with van der Waals surface area (Å²) in [5.74, 6) is 6.86. The van der Waals surface area contributed by atoms with Crippen LogP contribution in [0, 0.1) is 13.8 Å². The van der Waals surface area contributed by atoms with Gasteiger partial charge in [-0.05, 0) is 36.1 Å². The van der Waals surface area contributed by atoms with Crippen LogP contribution in [0.15, 0.2) is 36.4 Å². The summed E-state index contributed by atoms with van der Waals surface area (Å²) in [6, 6.07) is 12.6. The quantitative estimate of drug-likeness (QED) is 0.664. The summed E-state index contributed by atoms with van der Waals surface area (Å²) >= 11 is 0. The van der Waals surface area contributed by atoms with Crippen LogP contribution < -0.4 is 16.0 Å². The normalized spacial score (nSPS) is 14.8. The predicted molar refractivity (Wildman–Crippen MR) is 80.7 cm³/mol. The van der Waals surface area contributed by atoms with Crippen LogP contribution in [0.5, 0.6) is 5.75 Å². The van der Waals surface area contributed by atoms with Crippen molar-refractivity contribution in [2.45, 2.75) is 26.3 Å². The van der Waals surface area contributed by atoms with E-state index in [1.54, 1.807) is 0 Å². The predicted octanol–water partition coefficient (Wildman–Crippen LogP) is 2.79. The van der Waals surface area contributed by atoms with E-state index >= 15 is 0 Å². The molecule has 0 aromatic heterocycles. The number of ether oxygens (including phenoxy) is 1. The Morgan fingerprint density at radius 3 is 2.50 bits per heavy atom. The highest BCUT2D eigenvalue weighted by Gasteiger charge is 2.24. The van der Waals surface area contributed by atoms with Gasteiger partial charge in [0.25, 0.3) is 0 Å². The fraction of sp³-hybridized carbons (Fsp3) is 0.294. The van der Waals surface area contributed by atoms with Gasteiger partial charge in [0.2, 0.25) is 0 Å². The lowest BCUT2D eigenvalue weighted by Crippen LogP contribution is -2.30. The number of fused-ring (bicyclic) bond motifs is 1. The van der Waals surface area contributed by atoms with Gasteiger partial charge in [0.15, 0.2) is 0 Å². The lowest BCUT2D eigenvalue weighted by molar-refractivity contribution is 0.350. The first-order valence-corrected chi connectivity index (χ1v) is 6.99. The van der Waals surface area contributed by atoms with Gasteiger partial charge in [0.1, 0.15) is 5.75 Å². The Morgan fingerprint density at radius 1 is 1.10 bits per heavy atom. The molecule has 3 rings (SSSR count). The van der Waals surface area contributed by atoms with Gasteiger partial charge < -0.3 is 4.74 Å². The SMILES string of the molecule is Cc1cccc(C)c1C(NN)c1cccc2c1OCC2. The van der Waals surface area contributed by atoms with Crippen LogP contribution in [0.4, 0.5) is 0 Å². The zero-order valence-electron chi connectivity index (χ0n) is 11.9. The van der Waals surface area contributed by atoms with Crippen molar-refractivity contribution in [3.8, 4) is 5.75 Å². The number of nitrogens with two attached hydrogens (primary N) is 1. The third-order valence-corrected chi connectivity index (χ3v) is 4.05. The first kappa shape index (κ1) is 13.2. The third-order valence-electron chi connectivity index (χ3n) is 4.05. The maximum Gasteiger partial charge on any atom is 0.127 e. The molecule has 2 aromatic carbocycles. The van der Waals surface area contributed by atoms with Gasteiger partial charge in [0, 0.05) is 12.0 Å². The number of benzene rings is 2. The number of nitrogens with one attached hydrogen (secondary N) is 1. The Balaban J connectivity index is 2.14. The topological polar surface area (TPSA) is 47.3 Å². The van der Waals surface area contributed by atoms with Crippen molar-refractivity contribution in [1.29, 1.82) is 0 Å². The van der Waals surface area contributed by atoms with Gasteiger partial charge in [-0.3, -0.25) is 5.84 Å². The van der Waals surface area contributed by atoms with E-state index in [1.165, 1.54) is 22.3 Å². The van der Waals surface area contributed by atoms with Crippen LogP contribution in [0.3, 0.4) is 0 Å². The van der Waals surface area contributed by atoms with Crippen LogP contribution in [-0.2, 0) is 6.42 Å². The second-order valence-electron chi connectivity index (χ2n) is 5.34. The summed E-state index contributed by atoms with van der Waals surface area (Å²) in [5.41, 5.74) is 9.08. The molecule has 0 fully saturated rings. The molecule has 3 N–H and O–H groups in total. The maximum absolute atomic E-state index is 5.86. The molecule has 0 amide bonds. The monoisotopic (exact) mass is 268 g/mol. The summed E-state index contributed by atoms with van der Waals surface area (Å²) in [7, 11) is 0. The molecule has 3 nitrogen and oxygen atoms in total. The lowest BCUT2D eigenvalue weighted by atomic mass is 9.90. The van der Waals surface area contributed by atoms with E-state index in [1.807, 2.05) is 0 Å². The van der Waals surface area contributed by atoms with E-state index in [9.17, 15) is 0 Å². The van der Waals surface area contributed by atoms with Gasteiger partial charge in [-0.2, -0.15) is 0 Å². The van der Waals surface area contributed by atoms with E-state index in [4.69, 9.17) is 10.6 Å². The van der Waals surface area contributed by atoms with Crippen LogP contribution >= 0.6 is 0 Å². The Labute approximate surface area is 119 Å². The van der Waals surface area contributed by atoms with E-state index < -0.39 is 0 Å². The minimum atomic E-state index is -0.0377. The second kappa shape index (κ2) is 5.27. The van der Waals surface area contributed by atoms with Crippen LogP contribution in [0.2, 0.25) is 0 Å². The smallest absolute Gasteiger partial charge is 0.127 e. The lowest BCUT2D eigenvalue weighted by Gasteiger charge is -2.23. The van der Waals surface area contributed by atoms with Gasteiger partial charge in [-0.1, -0.05) is 36.4 Å². The number of hydrogen-bond donors (Lipinski definition) is 2. The molecule has 104 valence electrons. The van der Waals surface area contributed by atoms with Crippen molar-refractivity contribution in [3.05, 3.63) is 64.2 Å². The highest BCUT2D eigenvalue weighted by atomic mass is 16.5. The van der Waals surface area contributed by atoms with Crippen molar-refractivity contribution < 1.29 is 4.74 Å². The van der Waals surface area contributed by atoms with Gasteiger partial charge in [0.05, 0.1) is 12.6 Å². The number of rotatable bonds is 3. The zero-order chi connectivity index (χ0) is 14.1. The fourth-order valence-electron chi connectivity index (χ4n) is 3.08. The summed E-state index contributed by atoms with van der Waals surface area (Å²) in [6.07, 6.45) is 0.979. The van der Waals surface area contributed by atoms with E-state index in [0.29, 0.717) is 0 Å². The second-order valence-corrected chi connectivity index (χ2v) is 5.34. The molecule has 1 aliphatic heterocycles. The minimum Gasteiger partial charge on any atom is -0.493 e. The van der Waals surface area contributed by atoms with Crippen molar-refractivity contribution in [3.63, 3.8) is 0 Å². The minimum absolute atomic E-state index is 0.0377. The molecule has 1 unspecified atom stereocenters. The summed E-state index contributed by atoms with van der Waals surface area (Å²) in [6.45, 7) is 5.00. The van der Waals surface area contributed by atoms with Gasteiger partial charge in [-0.25, -0.2) is 5.43 Å². The average Bonchev–Trinajstić information content (AvgIpc) is 2.91. The molecule has 0 aliphatic carbocycles. The maximum atomic E-state index is 5.86. The largest absolute Gasteiger partial charge is 0.493 e. The van der Waals surface area contributed by atoms with Crippen LogP contribution in [0.1, 0.15) is 33.9 Å². The third kappa shape index (κ3) is 2.09. The molecule has 3 heteroatoms. The molecular formula is C17H20N2O. The number of para-hydroxylation sites is 1. The van der Waals surface area contributed by atoms with Crippen molar-refractivity contribution in [1.82, 2.24) is 5.43 Å². The molecule has 1 heterocycles. The Kier molecular flexibility index (Phi) is 3.47. The highest BCUT2D eigenvalue weighted by Crippen LogP contribution is 2.37. The molecule has 2 aromatic rings. The van der Waals surface area contributed by atoms with Crippen molar-refractivity contribution in [2.24, 2.45) is 5.84 Å². The summed E-state index contributed by atoms with van der Waals surface area (Å²) < 4.78 is 5.82. The fourth-order valence-corrected chi connectivity index (χ4v) is 3.08. The number of hydrogen-bond acceptors (Lipinski definition) is 3. The molecule has 0 saturated carbocycles. The molecule has 0 bridgehead atoms. The van der Waals surface area contributed by atoms with E-state index in [-0.39, 0.29) is 6.04 Å². The van der Waals surface area contributed by atoms with Gasteiger partial charge >= 0.3 is 0 Å². The molecule has 1 aliphatic rings. The first-order valence-electron chi connectivity index (χ1n) is 6.99. The van der Waals surface area contributed by atoms with Crippen LogP contribution in [0.25, 0.3) is 0 Å². The zero-order valence-corrected chi connectivity index (χ0v) is 11.9. The van der Waals surface area contributed by atoms with Crippen LogP contribution in [-0.4, -0.2) is 6.61 Å². The standard InChI is InChI=1S/C17H20N2O/c1-11-5-3-6-12(2)15(11)16(19-18)14-8-4-7-13-9-10-20-17(13)14/h3-8,16,19H,9-10,18H2,1-2H3. The summed E-state index contributed by atoms with van der Waals surface area (Å²) in [4.78, 5) is 0. The highest BCUT2D eigenvalue weighted by molar-refractivity contribution is 5.51. The van der Waals surface area contributed by atoms with Gasteiger partial charge in [-0.15, -0.1) is 0 Å². The van der Waals surface area contributed by atoms with E-state index in [2.05, 4.69) is 55.7 Å². The van der Waals surface area contributed by atoms with Crippen molar-refractivity contribution in [2.75, 3.05) is 6.61 Å². The molecular weight excluding hydrogens is 248 g/mol. The molecule has 0 spiro atoms. The van der Waals surface area contributed by atoms with E-state index in [0.717, 1.165) is 24.3 Å². The molecule has 0 saturated heterocycles. The Hall–Kier alpha value is -1.84. The first-order chi connectivity index (χ1) is 9.72.